The van der Waals surface area contributed by atoms with E-state index in [2.05, 4.69) is 302 Å². The summed E-state index contributed by atoms with van der Waals surface area (Å²) in [7, 11) is 29.6. The lowest BCUT2D eigenvalue weighted by molar-refractivity contribution is -0.962. The van der Waals surface area contributed by atoms with Crippen LogP contribution < -0.4 is 0 Å². The molecular formula is C74H166N13O2+. The largest absolute Gasteiger partial charge is 0.351 e. The molecule has 5 rings (SSSR count). The molecule has 89 heavy (non-hydrogen) atoms. The highest BCUT2D eigenvalue weighted by atomic mass is 16.5. The monoisotopic (exact) mass is 1270 g/mol. The van der Waals surface area contributed by atoms with Crippen molar-refractivity contribution in [2.24, 2.45) is 62.6 Å². The molecule has 0 unspecified atom stereocenters. The molecule has 538 valence electrons. The predicted octanol–water partition coefficient (Wildman–Crippen LogP) is 12.7. The molecule has 0 aromatic carbocycles. The molecule has 5 fully saturated rings. The molecule has 0 atom stereocenters. The highest BCUT2D eigenvalue weighted by Gasteiger charge is 2.36. The summed E-state index contributed by atoms with van der Waals surface area (Å²) >= 11 is 0. The van der Waals surface area contributed by atoms with E-state index in [0.29, 0.717) is 40.5 Å². The Kier molecular flexibility index (Phi) is 50.7. The number of rotatable bonds is 19. The first-order chi connectivity index (χ1) is 40.1. The van der Waals surface area contributed by atoms with E-state index in [0.717, 1.165) is 106 Å². The van der Waals surface area contributed by atoms with Crippen LogP contribution in [0.2, 0.25) is 0 Å². The second-order valence-corrected chi connectivity index (χ2v) is 37.2. The third-order valence-corrected chi connectivity index (χ3v) is 12.9. The quantitative estimate of drug-likeness (QED) is 0.0701. The summed E-state index contributed by atoms with van der Waals surface area (Å²) in [4.78, 5) is 27.5. The fourth-order valence-corrected chi connectivity index (χ4v) is 11.1. The lowest BCUT2D eigenvalue weighted by atomic mass is 9.91. The van der Waals surface area contributed by atoms with Crippen LogP contribution in [0.25, 0.3) is 0 Å². The molecule has 5 saturated heterocycles. The van der Waals surface area contributed by atoms with E-state index in [1.165, 1.54) is 72.1 Å². The van der Waals surface area contributed by atoms with Crippen molar-refractivity contribution in [2.75, 3.05) is 237 Å². The smallest absolute Gasteiger partial charge is 0.140 e. The molecule has 5 aliphatic rings. The van der Waals surface area contributed by atoms with Gasteiger partial charge >= 0.3 is 0 Å². The van der Waals surface area contributed by atoms with E-state index in [-0.39, 0.29) is 0 Å². The zero-order valence-electron chi connectivity index (χ0n) is 67.9. The number of likely N-dealkylation sites (tertiary alicyclic amines) is 2. The van der Waals surface area contributed by atoms with Crippen LogP contribution in [0.5, 0.6) is 0 Å². The van der Waals surface area contributed by atoms with Crippen molar-refractivity contribution in [3.8, 4) is 11.8 Å². The Labute approximate surface area is 561 Å². The van der Waals surface area contributed by atoms with Crippen LogP contribution in [0.15, 0.2) is 0 Å². The van der Waals surface area contributed by atoms with Gasteiger partial charge in [0, 0.05) is 85.1 Å². The zero-order chi connectivity index (χ0) is 70.5. The summed E-state index contributed by atoms with van der Waals surface area (Å²) in [5, 5.41) is 0. The summed E-state index contributed by atoms with van der Waals surface area (Å²) in [6, 6.07) is 0. The van der Waals surface area contributed by atoms with Crippen molar-refractivity contribution in [1.82, 2.24) is 58.8 Å². The molecule has 0 N–H and O–H groups in total. The topological polar surface area (TPSA) is 57.3 Å². The lowest BCUT2D eigenvalue weighted by Crippen LogP contribution is -2.65. The molecule has 0 bridgehead atoms. The molecule has 0 aromatic rings. The fourth-order valence-electron chi connectivity index (χ4n) is 11.1. The maximum absolute atomic E-state index is 5.45. The van der Waals surface area contributed by atoms with Crippen molar-refractivity contribution >= 4 is 0 Å². The Hall–Kier alpha value is -1.04. The van der Waals surface area contributed by atoms with Crippen LogP contribution in [0.3, 0.4) is 0 Å². The van der Waals surface area contributed by atoms with Gasteiger partial charge in [-0.2, -0.15) is 0 Å². The van der Waals surface area contributed by atoms with Gasteiger partial charge in [-0.25, -0.2) is 4.90 Å². The van der Waals surface area contributed by atoms with Crippen molar-refractivity contribution in [3.05, 3.63) is 0 Å². The van der Waals surface area contributed by atoms with Gasteiger partial charge in [-0.15, -0.1) is 5.92 Å². The molecule has 15 heteroatoms. The van der Waals surface area contributed by atoms with Gasteiger partial charge in [0.1, 0.15) is 40.3 Å². The highest BCUT2D eigenvalue weighted by Crippen LogP contribution is 2.23. The molecule has 0 saturated carbocycles. The average Bonchev–Trinajstić information content (AvgIpc) is 3.22. The van der Waals surface area contributed by atoms with E-state index in [1.807, 2.05) is 33.1 Å². The Morgan fingerprint density at radius 3 is 1.19 bits per heavy atom. The molecule has 0 spiro atoms. The standard InChI is InChI=1S/C10H24N2O.C10H19N.C9H21N2.C9H22N2.2C8H17N.C7H16N2.C7H17N.C6H13NO/c1-10(2,3)7-12(6)9-13-8-11(4)5;1-10(2,3)8-6-7-9-11(4)5;1-9(2,3)6-10-7-11(4,5)8-10;1-9(2,3)7-11(6)8-10(4)5;1-7(2)4-8-5-9(3)6-8;2*1-7(2)4-9-5-8(3)6-9;1-7(2,3)6-8(4)5;1-6(2)3-7-4-8-5-7/h7-9H2,1-6H3;8-9H2,1-5H3;6-8H2,1-5H3;7-8H2,1-6H3;2*7-8H,4-6H2,1-3H3;7H,4-6H2,1-3H3;6H2,1-5H3;6H,3-5H2,1-2H3/q;;+1;;;;;;. The van der Waals surface area contributed by atoms with Gasteiger partial charge in [-0.05, 0) is 154 Å². The average molecular weight is 1270 g/mol. The molecule has 0 radical (unpaired) electrons. The Bertz CT molecular complexity index is 1610. The van der Waals surface area contributed by atoms with Crippen LogP contribution in [-0.4, -0.2) is 301 Å². The van der Waals surface area contributed by atoms with Gasteiger partial charge in [0.25, 0.3) is 0 Å². The van der Waals surface area contributed by atoms with Crippen LogP contribution in [0.1, 0.15) is 179 Å². The second-order valence-electron chi connectivity index (χ2n) is 37.2. The summed E-state index contributed by atoms with van der Waals surface area (Å²) < 4.78 is 11.6. The maximum atomic E-state index is 5.45. The van der Waals surface area contributed by atoms with Crippen molar-refractivity contribution < 1.29 is 14.0 Å². The van der Waals surface area contributed by atoms with Crippen LogP contribution in [-0.2, 0) is 9.47 Å². The third kappa shape index (κ3) is 72.6. The van der Waals surface area contributed by atoms with Crippen LogP contribution in [0.4, 0.5) is 0 Å². The Morgan fingerprint density at radius 2 is 0.910 bits per heavy atom. The minimum Gasteiger partial charge on any atom is -0.351 e. The number of nitrogens with zero attached hydrogens (tertiary/aromatic N) is 13. The number of hydrogen-bond acceptors (Lipinski definition) is 14. The van der Waals surface area contributed by atoms with Crippen LogP contribution >= 0.6 is 0 Å². The third-order valence-electron chi connectivity index (χ3n) is 12.9. The normalized spacial score (nSPS) is 17.9. The van der Waals surface area contributed by atoms with Crippen LogP contribution in [0, 0.1) is 74.4 Å². The number of quaternary nitrogens is 1. The highest BCUT2D eigenvalue weighted by molar-refractivity contribution is 5.02. The van der Waals surface area contributed by atoms with Gasteiger partial charge in [0.2, 0.25) is 0 Å². The molecule has 5 aliphatic heterocycles. The Balaban J connectivity index is -0.000000458. The van der Waals surface area contributed by atoms with E-state index in [9.17, 15) is 0 Å². The SMILES string of the molecule is CC(C)(C)CN1C[N+](C)(C)C1.CC(C)CC1CN(C)C1.CC(C)CN1CC(C)C1.CC(C)CN1CN(C)C1.CC(C)CN1COC1.CN(C)CC#CCC(C)(C)C.CN(C)CC(C)(C)C.CN(C)CN(C)CC(C)(C)C.CN(C)COCN(C)CC(C)(C)C. The van der Waals surface area contributed by atoms with Crippen molar-refractivity contribution in [2.45, 2.75) is 179 Å². The van der Waals surface area contributed by atoms with Crippen molar-refractivity contribution in [3.63, 3.8) is 0 Å². The molecule has 0 aromatic heterocycles. The molecule has 5 heterocycles. The predicted molar refractivity (Wildman–Crippen MR) is 396 cm³/mol. The maximum Gasteiger partial charge on any atom is 0.140 e. The van der Waals surface area contributed by atoms with Gasteiger partial charge in [0.05, 0.1) is 34.0 Å². The summed E-state index contributed by atoms with van der Waals surface area (Å²) in [6.45, 7) is 77.6. The van der Waals surface area contributed by atoms with Crippen molar-refractivity contribution in [1.29, 1.82) is 0 Å². The zero-order valence-corrected chi connectivity index (χ0v) is 67.9. The first-order valence-corrected chi connectivity index (χ1v) is 34.7. The molecular weight excluding hydrogens is 1100 g/mol. The number of hydrogen-bond donors (Lipinski definition) is 0. The first-order valence-electron chi connectivity index (χ1n) is 34.7. The van der Waals surface area contributed by atoms with E-state index in [1.54, 1.807) is 0 Å². The Morgan fingerprint density at radius 1 is 0.472 bits per heavy atom. The molecule has 0 aliphatic carbocycles. The second kappa shape index (κ2) is 47.8. The van der Waals surface area contributed by atoms with Gasteiger partial charge in [-0.3, -0.25) is 39.2 Å². The minimum atomic E-state index is 0.343. The summed E-state index contributed by atoms with van der Waals surface area (Å²) in [6.07, 6.45) is 2.41. The van der Waals surface area contributed by atoms with Gasteiger partial charge in [-0.1, -0.05) is 172 Å². The van der Waals surface area contributed by atoms with Gasteiger partial charge < -0.3 is 28.7 Å². The first kappa shape index (κ1) is 94.4. The summed E-state index contributed by atoms with van der Waals surface area (Å²) in [5.74, 6) is 11.6. The minimum absolute atomic E-state index is 0.343. The van der Waals surface area contributed by atoms with E-state index < -0.39 is 0 Å². The number of ether oxygens (including phenoxy) is 2. The van der Waals surface area contributed by atoms with E-state index in [4.69, 9.17) is 9.47 Å². The van der Waals surface area contributed by atoms with Gasteiger partial charge in [0.15, 0.2) is 0 Å². The molecule has 15 nitrogen and oxygen atoms in total. The summed E-state index contributed by atoms with van der Waals surface area (Å²) in [5.41, 5.74) is 2.00. The fraction of sp³-hybridized carbons (Fsp3) is 0.973. The molecule has 0 amide bonds. The lowest BCUT2D eigenvalue weighted by Gasteiger charge is -2.48. The van der Waals surface area contributed by atoms with E-state index >= 15 is 0 Å².